The van der Waals surface area contributed by atoms with E-state index in [-0.39, 0.29) is 6.67 Å². The molecule has 14 heteroatoms. The van der Waals surface area contributed by atoms with Crippen LogP contribution < -0.4 is 59.0 Å². The van der Waals surface area contributed by atoms with Crippen molar-refractivity contribution in [2.75, 3.05) is 79.9 Å². The third-order valence-corrected chi connectivity index (χ3v) is 20.1. The van der Waals surface area contributed by atoms with Gasteiger partial charge < -0.3 is 48.7 Å². The van der Waals surface area contributed by atoms with Crippen molar-refractivity contribution in [1.82, 2.24) is 9.97 Å². The predicted molar refractivity (Wildman–Crippen MR) is 338 cm³/mol. The molecular formula is C66H68N10O2Si2. The summed E-state index contributed by atoms with van der Waals surface area (Å²) in [5.74, 6) is 3.02. The summed E-state index contributed by atoms with van der Waals surface area (Å²) in [5.41, 5.74) is 16.9. The van der Waals surface area contributed by atoms with Crippen LogP contribution in [-0.2, 0) is 0 Å². The summed E-state index contributed by atoms with van der Waals surface area (Å²) in [4.78, 5) is 26.2. The third kappa shape index (κ3) is 9.31. The van der Waals surface area contributed by atoms with E-state index in [0.717, 1.165) is 86.5 Å². The Hall–Kier alpha value is -8.73. The number of ether oxygens (including phenoxy) is 2. The number of aryl methyl sites for hydroxylation is 2. The third-order valence-electron chi connectivity index (χ3n) is 16.0. The van der Waals surface area contributed by atoms with E-state index in [4.69, 9.17) is 13.6 Å². The van der Waals surface area contributed by atoms with Gasteiger partial charge in [0, 0.05) is 88.9 Å². The Kier molecular flexibility index (Phi) is 11.6. The van der Waals surface area contributed by atoms with Gasteiger partial charge in [-0.2, -0.15) is 0 Å². The molecule has 4 aliphatic heterocycles. The van der Waals surface area contributed by atoms with Gasteiger partial charge in [0.15, 0.2) is 0 Å². The fraction of sp³-hybridized carbons (Fsp3) is 0.212. The first-order valence-corrected chi connectivity index (χ1v) is 34.4. The molecule has 0 radical (unpaired) electrons. The first-order chi connectivity index (χ1) is 39.7. The predicted octanol–water partition coefficient (Wildman–Crippen LogP) is 15.4. The van der Waals surface area contributed by atoms with Crippen LogP contribution in [0, 0.1) is 13.8 Å². The number of pyridine rings is 2. The summed E-state index contributed by atoms with van der Waals surface area (Å²) >= 11 is 0. The zero-order valence-corrected chi connectivity index (χ0v) is 48.9. The second-order valence-corrected chi connectivity index (χ2v) is 33.7. The van der Waals surface area contributed by atoms with Gasteiger partial charge in [0.25, 0.3) is 0 Å². The fourth-order valence-electron chi connectivity index (χ4n) is 11.4. The van der Waals surface area contributed by atoms with Gasteiger partial charge in [-0.1, -0.05) is 73.9 Å². The Morgan fingerprint density at radius 1 is 0.375 bits per heavy atom. The van der Waals surface area contributed by atoms with Crippen molar-refractivity contribution >= 4 is 106 Å². The summed E-state index contributed by atoms with van der Waals surface area (Å²) in [6.07, 6.45) is 7.10. The lowest BCUT2D eigenvalue weighted by atomic mass is 10.1. The Morgan fingerprint density at radius 3 is 1.25 bits per heavy atom. The standard InChI is InChI=1S/C66H68N10O2Si2/c1-45-29-63-64(30-46(45)2)76(52-34-56(38-58(36-52)80(8,9)10)78-54-18-14-16-50(32-54)72-42-70(4)66-40-68-28-26-62(66)72)44-74(63)48-23-21-47(22-24-48)73-43-75(60-20-12-11-19-59(60)73)51-33-55(37-57(35-51)79(5,6)7)77-53-17-13-15-49(31-53)71-41-69(3)65-39-67-27-25-61(65)71/h11-40H,41-44H2,1-10H3/i3D3. The van der Waals surface area contributed by atoms with Gasteiger partial charge in [-0.25, -0.2) is 0 Å². The summed E-state index contributed by atoms with van der Waals surface area (Å²) in [5, 5.41) is 2.60. The summed E-state index contributed by atoms with van der Waals surface area (Å²) < 4.78 is 38.4. The Morgan fingerprint density at radius 2 is 0.775 bits per heavy atom. The van der Waals surface area contributed by atoms with Crippen molar-refractivity contribution in [3.8, 4) is 23.0 Å². The highest BCUT2D eigenvalue weighted by Gasteiger charge is 2.34. The molecule has 0 atom stereocenters. The zero-order valence-electron chi connectivity index (χ0n) is 49.9. The van der Waals surface area contributed by atoms with Crippen molar-refractivity contribution in [1.29, 1.82) is 0 Å². The molecule has 2 aromatic heterocycles. The van der Waals surface area contributed by atoms with Crippen LogP contribution in [0.1, 0.15) is 15.2 Å². The number of fused-ring (bicyclic) bond motifs is 4. The molecular weight excluding hydrogens is 1020 g/mol. The molecule has 0 N–H and O–H groups in total. The highest BCUT2D eigenvalue weighted by Crippen LogP contribution is 2.49. The first kappa shape index (κ1) is 47.3. The van der Waals surface area contributed by atoms with Crippen LogP contribution in [0.25, 0.3) is 0 Å². The highest BCUT2D eigenvalue weighted by molar-refractivity contribution is 6.89. The molecule has 0 saturated heterocycles. The van der Waals surface area contributed by atoms with E-state index < -0.39 is 23.1 Å². The van der Waals surface area contributed by atoms with Gasteiger partial charge in [0.05, 0.1) is 87.4 Å². The molecule has 7 aromatic carbocycles. The van der Waals surface area contributed by atoms with Crippen molar-refractivity contribution in [3.63, 3.8) is 0 Å². The van der Waals surface area contributed by atoms with Crippen LogP contribution in [-0.4, -0.2) is 66.8 Å². The van der Waals surface area contributed by atoms with Crippen LogP contribution in [0.4, 0.5) is 79.6 Å². The van der Waals surface area contributed by atoms with Gasteiger partial charge in [0.2, 0.25) is 0 Å². The molecule has 13 rings (SSSR count). The van der Waals surface area contributed by atoms with Gasteiger partial charge in [-0.3, -0.25) is 9.97 Å². The molecule has 0 amide bonds. The monoisotopic (exact) mass is 1090 g/mol. The van der Waals surface area contributed by atoms with E-state index in [1.165, 1.54) is 37.8 Å². The number of hydrogen-bond acceptors (Lipinski definition) is 12. The normalized spacial score (nSPS) is 15.4. The van der Waals surface area contributed by atoms with Gasteiger partial charge in [-0.15, -0.1) is 0 Å². The number of aromatic nitrogens is 2. The van der Waals surface area contributed by atoms with E-state index in [9.17, 15) is 0 Å². The number of benzene rings is 7. The fourth-order valence-corrected chi connectivity index (χ4v) is 13.7. The minimum atomic E-state index is -2.32. The molecule has 80 heavy (non-hydrogen) atoms. The Labute approximate surface area is 477 Å². The quantitative estimate of drug-likeness (QED) is 0.109. The molecule has 0 saturated carbocycles. The average molecular weight is 1090 g/mol. The van der Waals surface area contributed by atoms with Crippen LogP contribution in [0.5, 0.6) is 23.0 Å². The SMILES string of the molecule is [2H]C([2H])([2H])N1CN(c2cccc(Oc3cc(N4CN(c5ccc(N6CN(c7cc(Oc8cccc(N9CN(C)c%10cnccc%109)c8)cc([Si](C)(C)C)c7)c7cc(C)c(C)cc76)cc5)c5ccccc54)cc([Si](C)(C)C)c3)c2)c2ccncc21. The summed E-state index contributed by atoms with van der Waals surface area (Å²) in [6, 6.07) is 56.1. The highest BCUT2D eigenvalue weighted by atomic mass is 28.3. The van der Waals surface area contributed by atoms with E-state index >= 15 is 0 Å². The first-order valence-electron chi connectivity index (χ1n) is 28.9. The van der Waals surface area contributed by atoms with Crippen LogP contribution in [0.15, 0.2) is 183 Å². The van der Waals surface area contributed by atoms with Crippen LogP contribution in [0.3, 0.4) is 0 Å². The zero-order chi connectivity index (χ0) is 57.7. The van der Waals surface area contributed by atoms with E-state index in [1.54, 1.807) is 12.4 Å². The van der Waals surface area contributed by atoms with E-state index in [1.807, 2.05) is 53.7 Å². The molecule has 0 aliphatic carbocycles. The van der Waals surface area contributed by atoms with E-state index in [0.29, 0.717) is 24.8 Å². The number of rotatable bonds is 12. The second-order valence-electron chi connectivity index (χ2n) is 23.5. The van der Waals surface area contributed by atoms with Gasteiger partial charge in [0.1, 0.15) is 36.3 Å². The minimum absolute atomic E-state index is 0.170. The maximum absolute atomic E-state index is 8.22. The molecule has 12 nitrogen and oxygen atoms in total. The number of para-hydroxylation sites is 2. The molecule has 9 aromatic rings. The van der Waals surface area contributed by atoms with Gasteiger partial charge in [-0.05, 0) is 134 Å². The van der Waals surface area contributed by atoms with Crippen LogP contribution in [0.2, 0.25) is 39.3 Å². The summed E-state index contributed by atoms with van der Waals surface area (Å²) in [7, 11) is -1.60. The van der Waals surface area contributed by atoms with Crippen molar-refractivity contribution in [2.24, 2.45) is 0 Å². The number of anilines is 14. The lowest BCUT2D eigenvalue weighted by Crippen LogP contribution is -2.38. The maximum atomic E-state index is 8.22. The van der Waals surface area contributed by atoms with Gasteiger partial charge >= 0.3 is 0 Å². The topological polar surface area (TPSA) is 70.2 Å². The smallest absolute Gasteiger partial charge is 0.129 e. The molecule has 4 aliphatic rings. The number of nitrogens with zero attached hydrogens (tertiary/aromatic N) is 10. The van der Waals surface area contributed by atoms with Crippen molar-refractivity contribution in [3.05, 3.63) is 194 Å². The summed E-state index contributed by atoms with van der Waals surface area (Å²) in [6.45, 7) is 18.5. The largest absolute Gasteiger partial charge is 0.457 e. The second kappa shape index (κ2) is 19.6. The van der Waals surface area contributed by atoms with Crippen LogP contribution >= 0.6 is 0 Å². The lowest BCUT2D eigenvalue weighted by Gasteiger charge is -2.27. The molecule has 0 spiro atoms. The molecule has 0 fully saturated rings. The number of hydrogen-bond donors (Lipinski definition) is 0. The molecule has 0 unspecified atom stereocenters. The van der Waals surface area contributed by atoms with Crippen molar-refractivity contribution < 1.29 is 13.6 Å². The average Bonchev–Trinajstić information content (AvgIpc) is 3.51. The molecule has 402 valence electrons. The molecule has 6 heterocycles. The lowest BCUT2D eigenvalue weighted by molar-refractivity contribution is 0.483. The minimum Gasteiger partial charge on any atom is -0.457 e. The van der Waals surface area contributed by atoms with E-state index in [2.05, 4.69) is 221 Å². The Balaban J connectivity index is 0.777. The molecule has 0 bridgehead atoms. The maximum Gasteiger partial charge on any atom is 0.129 e. The van der Waals surface area contributed by atoms with Crippen molar-refractivity contribution in [2.45, 2.75) is 53.1 Å². The Bertz CT molecular complexity index is 3980.